The number of rotatable bonds is 4. The van der Waals surface area contributed by atoms with E-state index in [0.29, 0.717) is 23.0 Å². The van der Waals surface area contributed by atoms with E-state index in [2.05, 4.69) is 5.32 Å². The van der Waals surface area contributed by atoms with Crippen molar-refractivity contribution in [2.75, 3.05) is 5.73 Å². The van der Waals surface area contributed by atoms with Gasteiger partial charge in [-0.15, -0.1) is 0 Å². The van der Waals surface area contributed by atoms with Crippen LogP contribution in [0.4, 0.5) is 5.69 Å². The van der Waals surface area contributed by atoms with Gasteiger partial charge in [-0.05, 0) is 38.0 Å². The molecule has 1 aromatic carbocycles. The topological polar surface area (TPSA) is 88.1 Å². The number of hydrogen-bond donors (Lipinski definition) is 2. The van der Waals surface area contributed by atoms with Crippen LogP contribution >= 0.6 is 0 Å². The first-order chi connectivity index (χ1) is 8.60. The molecule has 5 heteroatoms. The fourth-order valence-electron chi connectivity index (χ4n) is 1.52. The monoisotopic (exact) mass is 245 g/mol. The number of anilines is 1. The van der Waals surface area contributed by atoms with E-state index in [-0.39, 0.29) is 5.91 Å². The Morgan fingerprint density at radius 1 is 1.61 bits per heavy atom. The molecule has 1 aliphatic carbocycles. The fraction of sp³-hybridized carbons (Fsp3) is 0.385. The first kappa shape index (κ1) is 12.2. The van der Waals surface area contributed by atoms with Crippen LogP contribution < -0.4 is 15.8 Å². The molecular weight excluding hydrogens is 230 g/mol. The molecule has 18 heavy (non-hydrogen) atoms. The lowest BCUT2D eigenvalue weighted by atomic mass is 10.2. The summed E-state index contributed by atoms with van der Waals surface area (Å²) in [6, 6.07) is 7.04. The van der Waals surface area contributed by atoms with Crippen LogP contribution in [0.3, 0.4) is 0 Å². The molecule has 1 fully saturated rings. The van der Waals surface area contributed by atoms with Crippen LogP contribution in [0, 0.1) is 11.3 Å². The Morgan fingerprint density at radius 2 is 2.33 bits per heavy atom. The zero-order valence-corrected chi connectivity index (χ0v) is 10.1. The Kier molecular flexibility index (Phi) is 3.38. The van der Waals surface area contributed by atoms with E-state index in [1.165, 1.54) is 6.07 Å². The molecule has 0 heterocycles. The average molecular weight is 245 g/mol. The van der Waals surface area contributed by atoms with Crippen molar-refractivity contribution >= 4 is 11.6 Å². The molecule has 1 atom stereocenters. The first-order valence-electron chi connectivity index (χ1n) is 5.87. The number of nitriles is 1. The van der Waals surface area contributed by atoms with Gasteiger partial charge in [0.25, 0.3) is 5.91 Å². The lowest BCUT2D eigenvalue weighted by Crippen LogP contribution is -2.37. The lowest BCUT2D eigenvalue weighted by molar-refractivity contribution is -0.127. The van der Waals surface area contributed by atoms with Crippen molar-refractivity contribution in [2.24, 2.45) is 0 Å². The van der Waals surface area contributed by atoms with Crippen molar-refractivity contribution in [3.8, 4) is 11.8 Å². The molecule has 0 spiro atoms. The summed E-state index contributed by atoms with van der Waals surface area (Å²) < 4.78 is 5.49. The standard InChI is InChI=1S/C13H15N3O2/c1-8(13(17)16-10-3-4-10)18-12-5-2-9(7-14)6-11(12)15/h2,5-6,8,10H,3-4,15H2,1H3,(H,16,17). The van der Waals surface area contributed by atoms with Crippen LogP contribution in [0.25, 0.3) is 0 Å². The highest BCUT2D eigenvalue weighted by atomic mass is 16.5. The number of benzene rings is 1. The molecule has 0 aliphatic heterocycles. The molecule has 0 bridgehead atoms. The van der Waals surface area contributed by atoms with E-state index in [1.807, 2.05) is 6.07 Å². The van der Waals surface area contributed by atoms with Gasteiger partial charge in [-0.2, -0.15) is 5.26 Å². The van der Waals surface area contributed by atoms with Gasteiger partial charge in [0, 0.05) is 6.04 Å². The molecule has 0 aromatic heterocycles. The van der Waals surface area contributed by atoms with Crippen molar-refractivity contribution < 1.29 is 9.53 Å². The quantitative estimate of drug-likeness (QED) is 0.780. The molecule has 2 rings (SSSR count). The lowest BCUT2D eigenvalue weighted by Gasteiger charge is -2.15. The zero-order valence-electron chi connectivity index (χ0n) is 10.1. The normalized spacial score (nSPS) is 15.6. The van der Waals surface area contributed by atoms with Crippen LogP contribution in [-0.2, 0) is 4.79 Å². The van der Waals surface area contributed by atoms with Gasteiger partial charge >= 0.3 is 0 Å². The number of nitrogen functional groups attached to an aromatic ring is 1. The minimum atomic E-state index is -0.596. The molecule has 1 aliphatic rings. The first-order valence-corrected chi connectivity index (χ1v) is 5.87. The molecule has 1 saturated carbocycles. The summed E-state index contributed by atoms with van der Waals surface area (Å²) >= 11 is 0. The van der Waals surface area contributed by atoms with E-state index in [0.717, 1.165) is 12.8 Å². The molecule has 1 aromatic rings. The van der Waals surface area contributed by atoms with E-state index in [1.54, 1.807) is 19.1 Å². The third kappa shape index (κ3) is 2.92. The van der Waals surface area contributed by atoms with Gasteiger partial charge in [0.2, 0.25) is 0 Å². The Balaban J connectivity index is 1.99. The minimum Gasteiger partial charge on any atom is -0.479 e. The minimum absolute atomic E-state index is 0.138. The van der Waals surface area contributed by atoms with Gasteiger partial charge < -0.3 is 15.8 Å². The highest BCUT2D eigenvalue weighted by molar-refractivity contribution is 5.81. The second-order valence-corrected chi connectivity index (χ2v) is 4.41. The van der Waals surface area contributed by atoms with Gasteiger partial charge in [-0.3, -0.25) is 4.79 Å². The van der Waals surface area contributed by atoms with Gasteiger partial charge in [-0.1, -0.05) is 0 Å². The molecule has 1 unspecified atom stereocenters. The van der Waals surface area contributed by atoms with Crippen LogP contribution in [0.1, 0.15) is 25.3 Å². The van der Waals surface area contributed by atoms with Gasteiger partial charge in [0.1, 0.15) is 5.75 Å². The summed E-state index contributed by atoms with van der Waals surface area (Å²) in [6.07, 6.45) is 1.48. The summed E-state index contributed by atoms with van der Waals surface area (Å²) in [5, 5.41) is 11.6. The third-order valence-corrected chi connectivity index (χ3v) is 2.74. The molecule has 1 amide bonds. The van der Waals surface area contributed by atoms with E-state index >= 15 is 0 Å². The van der Waals surface area contributed by atoms with Crippen molar-refractivity contribution in [1.82, 2.24) is 5.32 Å². The maximum Gasteiger partial charge on any atom is 0.260 e. The zero-order chi connectivity index (χ0) is 13.1. The number of amides is 1. The van der Waals surface area contributed by atoms with Crippen LogP contribution in [0.2, 0.25) is 0 Å². The molecule has 0 radical (unpaired) electrons. The van der Waals surface area contributed by atoms with E-state index < -0.39 is 6.10 Å². The Morgan fingerprint density at radius 3 is 2.89 bits per heavy atom. The third-order valence-electron chi connectivity index (χ3n) is 2.74. The summed E-state index contributed by atoms with van der Waals surface area (Å²) in [5.74, 6) is 0.286. The van der Waals surface area contributed by atoms with E-state index in [9.17, 15) is 4.79 Å². The highest BCUT2D eigenvalue weighted by Gasteiger charge is 2.26. The molecule has 0 saturated heterocycles. The number of nitrogens with two attached hydrogens (primary N) is 1. The number of nitrogens with zero attached hydrogens (tertiary/aromatic N) is 1. The molecular formula is C13H15N3O2. The van der Waals surface area contributed by atoms with Crippen LogP contribution in [0.15, 0.2) is 18.2 Å². The van der Waals surface area contributed by atoms with Crippen molar-refractivity contribution in [2.45, 2.75) is 31.9 Å². The van der Waals surface area contributed by atoms with Crippen molar-refractivity contribution in [1.29, 1.82) is 5.26 Å². The Labute approximate surface area is 106 Å². The second-order valence-electron chi connectivity index (χ2n) is 4.41. The SMILES string of the molecule is CC(Oc1ccc(C#N)cc1N)C(=O)NC1CC1. The summed E-state index contributed by atoms with van der Waals surface area (Å²) in [4.78, 5) is 11.7. The number of nitrogens with one attached hydrogen (secondary N) is 1. The number of carbonyl (C=O) groups is 1. The Hall–Kier alpha value is -2.22. The smallest absolute Gasteiger partial charge is 0.260 e. The maximum atomic E-state index is 11.7. The predicted octanol–water partition coefficient (Wildman–Crippen LogP) is 1.19. The highest BCUT2D eigenvalue weighted by Crippen LogP contribution is 2.24. The number of carbonyl (C=O) groups excluding carboxylic acids is 1. The summed E-state index contributed by atoms with van der Waals surface area (Å²) in [6.45, 7) is 1.68. The van der Waals surface area contributed by atoms with Gasteiger partial charge in [0.15, 0.2) is 6.10 Å². The van der Waals surface area contributed by atoms with Crippen LogP contribution in [-0.4, -0.2) is 18.1 Å². The number of ether oxygens (including phenoxy) is 1. The van der Waals surface area contributed by atoms with Crippen molar-refractivity contribution in [3.63, 3.8) is 0 Å². The van der Waals surface area contributed by atoms with E-state index in [4.69, 9.17) is 15.7 Å². The molecule has 3 N–H and O–H groups in total. The fourth-order valence-corrected chi connectivity index (χ4v) is 1.52. The van der Waals surface area contributed by atoms with Crippen LogP contribution in [0.5, 0.6) is 5.75 Å². The molecule has 5 nitrogen and oxygen atoms in total. The van der Waals surface area contributed by atoms with Gasteiger partial charge in [-0.25, -0.2) is 0 Å². The Bertz CT molecular complexity index is 503. The van der Waals surface area contributed by atoms with Crippen molar-refractivity contribution in [3.05, 3.63) is 23.8 Å². The van der Waals surface area contributed by atoms with Gasteiger partial charge in [0.05, 0.1) is 17.3 Å². The average Bonchev–Trinajstić information content (AvgIpc) is 3.15. The maximum absolute atomic E-state index is 11.7. The second kappa shape index (κ2) is 4.96. The largest absolute Gasteiger partial charge is 0.479 e. The molecule has 94 valence electrons. The summed E-state index contributed by atoms with van der Waals surface area (Å²) in [5.41, 5.74) is 6.58. The predicted molar refractivity (Wildman–Crippen MR) is 66.8 cm³/mol. The summed E-state index contributed by atoms with van der Waals surface area (Å²) in [7, 11) is 0. The number of hydrogen-bond acceptors (Lipinski definition) is 4.